The number of H-pyrrole nitrogens is 2. The Hall–Kier alpha value is -3.39. The summed E-state index contributed by atoms with van der Waals surface area (Å²) in [6.45, 7) is 0. The zero-order chi connectivity index (χ0) is 26.4. The molecule has 0 saturated carbocycles. The normalized spacial score (nSPS) is 12.9. The minimum Gasteiger partial charge on any atom is -0.480 e. The van der Waals surface area contributed by atoms with Crippen molar-refractivity contribution in [3.63, 3.8) is 0 Å². The van der Waals surface area contributed by atoms with Gasteiger partial charge in [-0.05, 0) is 30.1 Å². The molecule has 0 spiro atoms. The van der Waals surface area contributed by atoms with Crippen LogP contribution < -0.4 is 17.2 Å². The first kappa shape index (κ1) is 29.6. The number of imidazole rings is 1. The number of nitrogens with zero attached hydrogens (tertiary/aromatic N) is 1. The molecule has 2 heterocycles. The smallest absolute Gasteiger partial charge is 0.320 e. The Morgan fingerprint density at radius 2 is 1.54 bits per heavy atom. The third-order valence-corrected chi connectivity index (χ3v) is 5.34. The van der Waals surface area contributed by atoms with Crippen LogP contribution >= 0.6 is 11.8 Å². The second-order valence-corrected chi connectivity index (χ2v) is 8.45. The van der Waals surface area contributed by atoms with Gasteiger partial charge in [0.15, 0.2) is 0 Å². The van der Waals surface area contributed by atoms with Gasteiger partial charge in [0.1, 0.15) is 18.1 Å². The lowest BCUT2D eigenvalue weighted by Crippen LogP contribution is -2.32. The number of carboxylic acid groups (broad SMARTS) is 3. The average molecular weight is 509 g/mol. The molecule has 35 heavy (non-hydrogen) atoms. The second kappa shape index (κ2) is 15.5. The summed E-state index contributed by atoms with van der Waals surface area (Å²) in [6, 6.07) is 5.38. The van der Waals surface area contributed by atoms with Crippen LogP contribution in [0.4, 0.5) is 0 Å². The van der Waals surface area contributed by atoms with Crippen LogP contribution in [0.3, 0.4) is 0 Å². The topological polar surface area (TPSA) is 234 Å². The number of fused-ring (bicyclic) bond motifs is 1. The van der Waals surface area contributed by atoms with Gasteiger partial charge in [-0.2, -0.15) is 11.8 Å². The molecule has 0 bridgehead atoms. The predicted molar refractivity (Wildman–Crippen MR) is 134 cm³/mol. The molecule has 0 fully saturated rings. The third-order valence-electron chi connectivity index (χ3n) is 4.69. The zero-order valence-corrected chi connectivity index (χ0v) is 20.1. The first-order valence-corrected chi connectivity index (χ1v) is 11.9. The van der Waals surface area contributed by atoms with Gasteiger partial charge in [-0.25, -0.2) is 4.98 Å². The van der Waals surface area contributed by atoms with Crippen molar-refractivity contribution in [2.75, 3.05) is 12.0 Å². The molecule has 13 heteroatoms. The summed E-state index contributed by atoms with van der Waals surface area (Å²) in [5, 5.41) is 26.4. The standard InChI is InChI=1S/C11H12N2O2.C6H9N3O2.C5H11NO2S/c12-9(11(14)15)5-7-6-13-10-4-2-1-3-8(7)10;7-5(6(10)11)1-4-2-8-3-9-4;1-9-3-2-4(6)5(7)8/h1-4,6,9,13H,5,12H2,(H,14,15);2-3,5H,1,7H2,(H,8,9)(H,10,11);4H,2-3,6H2,1H3,(H,7,8)/t9-;5-;4-/m000/s1. The molecule has 11 N–H and O–H groups in total. The summed E-state index contributed by atoms with van der Waals surface area (Å²) in [4.78, 5) is 40.5. The molecule has 3 atom stereocenters. The minimum absolute atomic E-state index is 0.287. The molecule has 1 aromatic carbocycles. The highest BCUT2D eigenvalue weighted by Gasteiger charge is 2.14. The monoisotopic (exact) mass is 508 g/mol. The molecular weight excluding hydrogens is 476 g/mol. The lowest BCUT2D eigenvalue weighted by atomic mass is 10.1. The van der Waals surface area contributed by atoms with E-state index in [2.05, 4.69) is 15.0 Å². The van der Waals surface area contributed by atoms with Crippen molar-refractivity contribution >= 4 is 40.6 Å². The molecule has 0 aliphatic rings. The van der Waals surface area contributed by atoms with Gasteiger partial charge >= 0.3 is 17.9 Å². The maximum atomic E-state index is 10.6. The van der Waals surface area contributed by atoms with E-state index in [0.717, 1.165) is 27.9 Å². The summed E-state index contributed by atoms with van der Waals surface area (Å²) in [7, 11) is 0. The number of carboxylic acids is 3. The highest BCUT2D eigenvalue weighted by molar-refractivity contribution is 7.98. The fourth-order valence-corrected chi connectivity index (χ4v) is 3.20. The number of thioether (sulfide) groups is 1. The quantitative estimate of drug-likeness (QED) is 0.189. The number of aliphatic carboxylic acids is 3. The number of rotatable bonds is 10. The Balaban J connectivity index is 0.000000274. The van der Waals surface area contributed by atoms with E-state index in [0.29, 0.717) is 12.8 Å². The summed E-state index contributed by atoms with van der Waals surface area (Å²) < 4.78 is 0. The summed E-state index contributed by atoms with van der Waals surface area (Å²) >= 11 is 1.60. The number of para-hydroxylation sites is 1. The first-order chi connectivity index (χ1) is 16.6. The summed E-state index contributed by atoms with van der Waals surface area (Å²) in [6.07, 6.45) is 7.97. The molecule has 12 nitrogen and oxygen atoms in total. The fourth-order valence-electron chi connectivity index (χ4n) is 2.71. The Kier molecular flexibility index (Phi) is 13.1. The number of hydrogen-bond donors (Lipinski definition) is 8. The average Bonchev–Trinajstić information content (AvgIpc) is 3.48. The molecule has 0 aliphatic carbocycles. The number of hydrogen-bond acceptors (Lipinski definition) is 8. The Morgan fingerprint density at radius 3 is 2.09 bits per heavy atom. The molecule has 2 aromatic heterocycles. The minimum atomic E-state index is -1.00. The van der Waals surface area contributed by atoms with Gasteiger partial charge in [0.2, 0.25) is 0 Å². The number of carbonyl (C=O) groups is 3. The number of aromatic nitrogens is 3. The number of nitrogens with two attached hydrogens (primary N) is 3. The summed E-state index contributed by atoms with van der Waals surface area (Å²) in [5.41, 5.74) is 18.6. The largest absolute Gasteiger partial charge is 0.480 e. The van der Waals surface area contributed by atoms with Gasteiger partial charge in [0, 0.05) is 41.8 Å². The Morgan fingerprint density at radius 1 is 0.943 bits per heavy atom. The van der Waals surface area contributed by atoms with Crippen LogP contribution in [-0.4, -0.2) is 78.3 Å². The van der Waals surface area contributed by atoms with Crippen LogP contribution in [0.2, 0.25) is 0 Å². The second-order valence-electron chi connectivity index (χ2n) is 7.46. The van der Waals surface area contributed by atoms with E-state index < -0.39 is 36.0 Å². The van der Waals surface area contributed by atoms with Crippen LogP contribution in [0.15, 0.2) is 43.0 Å². The zero-order valence-electron chi connectivity index (χ0n) is 19.3. The fraction of sp³-hybridized carbons (Fsp3) is 0.364. The molecule has 0 radical (unpaired) electrons. The van der Waals surface area contributed by atoms with Crippen LogP contribution in [0, 0.1) is 0 Å². The van der Waals surface area contributed by atoms with Crippen molar-refractivity contribution < 1.29 is 29.7 Å². The van der Waals surface area contributed by atoms with Crippen molar-refractivity contribution in [1.82, 2.24) is 15.0 Å². The van der Waals surface area contributed by atoms with E-state index in [1.165, 1.54) is 6.33 Å². The van der Waals surface area contributed by atoms with Crippen molar-refractivity contribution in [3.05, 3.63) is 54.2 Å². The van der Waals surface area contributed by atoms with E-state index in [1.54, 1.807) is 18.0 Å². The van der Waals surface area contributed by atoms with Gasteiger partial charge in [-0.15, -0.1) is 0 Å². The van der Waals surface area contributed by atoms with Crippen LogP contribution in [-0.2, 0) is 27.2 Å². The number of aromatic amines is 2. The van der Waals surface area contributed by atoms with Crippen molar-refractivity contribution in [2.45, 2.75) is 37.4 Å². The molecule has 3 rings (SSSR count). The predicted octanol–water partition coefficient (Wildman–Crippen LogP) is 0.638. The van der Waals surface area contributed by atoms with Gasteiger partial charge in [-0.1, -0.05) is 18.2 Å². The Labute approximate surface area is 206 Å². The highest BCUT2D eigenvalue weighted by atomic mass is 32.2. The van der Waals surface area contributed by atoms with E-state index in [1.807, 2.05) is 36.7 Å². The van der Waals surface area contributed by atoms with E-state index in [9.17, 15) is 14.4 Å². The van der Waals surface area contributed by atoms with Gasteiger partial charge in [0.05, 0.1) is 6.33 Å². The highest BCUT2D eigenvalue weighted by Crippen LogP contribution is 2.18. The van der Waals surface area contributed by atoms with Crippen LogP contribution in [0.1, 0.15) is 17.7 Å². The lowest BCUT2D eigenvalue weighted by Gasteiger charge is -2.04. The van der Waals surface area contributed by atoms with Gasteiger partial charge < -0.3 is 42.5 Å². The first-order valence-electron chi connectivity index (χ1n) is 10.5. The SMILES string of the molecule is CSCC[C@H](N)C(=O)O.N[C@@H](Cc1c[nH]c2ccccc12)C(=O)O.N[C@@H](Cc1cnc[nH]1)C(=O)O. The summed E-state index contributed by atoms with van der Waals surface area (Å²) in [5.74, 6) is -2.07. The molecular formula is C22H32N6O6S. The maximum absolute atomic E-state index is 10.6. The van der Waals surface area contributed by atoms with E-state index >= 15 is 0 Å². The van der Waals surface area contributed by atoms with Crippen molar-refractivity contribution in [3.8, 4) is 0 Å². The molecule has 3 aromatic rings. The maximum Gasteiger partial charge on any atom is 0.320 e. The lowest BCUT2D eigenvalue weighted by molar-refractivity contribution is -0.139. The molecule has 0 aliphatic heterocycles. The number of benzene rings is 1. The number of nitrogens with one attached hydrogen (secondary N) is 2. The third kappa shape index (κ3) is 11.1. The molecule has 192 valence electrons. The molecule has 0 amide bonds. The van der Waals surface area contributed by atoms with Gasteiger partial charge in [-0.3, -0.25) is 14.4 Å². The Bertz CT molecular complexity index is 1060. The van der Waals surface area contributed by atoms with Crippen LogP contribution in [0.25, 0.3) is 10.9 Å². The van der Waals surface area contributed by atoms with Gasteiger partial charge in [0.25, 0.3) is 0 Å². The molecule has 0 unspecified atom stereocenters. The molecule has 0 saturated heterocycles. The van der Waals surface area contributed by atoms with E-state index in [-0.39, 0.29) is 6.42 Å². The van der Waals surface area contributed by atoms with E-state index in [4.69, 9.17) is 32.5 Å². The van der Waals surface area contributed by atoms with Crippen molar-refractivity contribution in [1.29, 1.82) is 0 Å². The van der Waals surface area contributed by atoms with Crippen LogP contribution in [0.5, 0.6) is 0 Å². The van der Waals surface area contributed by atoms with Crippen molar-refractivity contribution in [2.24, 2.45) is 17.2 Å².